The molecule has 3 nitrogen and oxygen atoms in total. The van der Waals surface area contributed by atoms with Gasteiger partial charge < -0.3 is 14.8 Å². The molecule has 1 saturated heterocycles. The van der Waals surface area contributed by atoms with Crippen molar-refractivity contribution in [2.75, 3.05) is 33.0 Å². The van der Waals surface area contributed by atoms with Gasteiger partial charge in [-0.05, 0) is 25.2 Å². The zero-order chi connectivity index (χ0) is 13.1. The molecule has 0 aromatic carbocycles. The monoisotopic (exact) mass is 257 g/mol. The summed E-state index contributed by atoms with van der Waals surface area (Å²) in [5.74, 6) is 0.757. The highest BCUT2D eigenvalue weighted by molar-refractivity contribution is 4.69. The maximum Gasteiger partial charge on any atom is 0.0591 e. The van der Waals surface area contributed by atoms with Crippen molar-refractivity contribution in [2.24, 2.45) is 5.92 Å². The van der Waals surface area contributed by atoms with Gasteiger partial charge in [-0.3, -0.25) is 0 Å². The minimum atomic E-state index is 0.643. The lowest BCUT2D eigenvalue weighted by Gasteiger charge is -2.23. The van der Waals surface area contributed by atoms with Crippen LogP contribution >= 0.6 is 0 Å². The second-order valence-electron chi connectivity index (χ2n) is 5.33. The Balaban J connectivity index is 1.93. The molecule has 3 heteroatoms. The van der Waals surface area contributed by atoms with E-state index in [-0.39, 0.29) is 0 Å². The van der Waals surface area contributed by atoms with E-state index in [9.17, 15) is 0 Å². The van der Waals surface area contributed by atoms with Gasteiger partial charge in [0, 0.05) is 32.4 Å². The molecule has 0 bridgehead atoms. The minimum absolute atomic E-state index is 0.643. The van der Waals surface area contributed by atoms with Crippen LogP contribution in [0.4, 0.5) is 0 Å². The van der Waals surface area contributed by atoms with Gasteiger partial charge in [0.25, 0.3) is 0 Å². The maximum atomic E-state index is 5.78. The third-order valence-corrected chi connectivity index (χ3v) is 3.80. The Morgan fingerprint density at radius 2 is 2.06 bits per heavy atom. The van der Waals surface area contributed by atoms with E-state index in [4.69, 9.17) is 9.47 Å². The van der Waals surface area contributed by atoms with Crippen LogP contribution in [0.1, 0.15) is 52.4 Å². The van der Waals surface area contributed by atoms with Crippen LogP contribution in [0.3, 0.4) is 0 Å². The Labute approximate surface area is 113 Å². The van der Waals surface area contributed by atoms with Crippen molar-refractivity contribution in [1.82, 2.24) is 5.32 Å². The van der Waals surface area contributed by atoms with Crippen molar-refractivity contribution < 1.29 is 9.47 Å². The summed E-state index contributed by atoms with van der Waals surface area (Å²) in [4.78, 5) is 0. The molecule has 0 aliphatic carbocycles. The largest absolute Gasteiger partial charge is 0.381 e. The van der Waals surface area contributed by atoms with Crippen molar-refractivity contribution in [3.8, 4) is 0 Å². The van der Waals surface area contributed by atoms with Gasteiger partial charge in [-0.25, -0.2) is 0 Å². The number of hydrogen-bond donors (Lipinski definition) is 1. The highest BCUT2D eigenvalue weighted by Crippen LogP contribution is 2.12. The Morgan fingerprint density at radius 1 is 1.28 bits per heavy atom. The van der Waals surface area contributed by atoms with Gasteiger partial charge >= 0.3 is 0 Å². The summed E-state index contributed by atoms with van der Waals surface area (Å²) in [7, 11) is 0. The minimum Gasteiger partial charge on any atom is -0.381 e. The Morgan fingerprint density at radius 3 is 2.72 bits per heavy atom. The topological polar surface area (TPSA) is 30.5 Å². The molecule has 18 heavy (non-hydrogen) atoms. The molecule has 1 aliphatic rings. The summed E-state index contributed by atoms with van der Waals surface area (Å²) in [5.41, 5.74) is 0. The Kier molecular flexibility index (Phi) is 9.54. The molecule has 0 spiro atoms. The van der Waals surface area contributed by atoms with Crippen molar-refractivity contribution in [3.05, 3.63) is 0 Å². The highest BCUT2D eigenvalue weighted by Gasteiger charge is 2.12. The van der Waals surface area contributed by atoms with Crippen molar-refractivity contribution in [1.29, 1.82) is 0 Å². The molecule has 1 heterocycles. The zero-order valence-corrected chi connectivity index (χ0v) is 12.2. The molecule has 1 rings (SSSR count). The summed E-state index contributed by atoms with van der Waals surface area (Å²) >= 11 is 0. The van der Waals surface area contributed by atoms with Crippen LogP contribution in [-0.4, -0.2) is 39.0 Å². The molecule has 0 saturated carbocycles. The summed E-state index contributed by atoms with van der Waals surface area (Å²) in [6, 6.07) is 0.643. The van der Waals surface area contributed by atoms with E-state index in [0.29, 0.717) is 6.04 Å². The number of hydrogen-bond acceptors (Lipinski definition) is 3. The van der Waals surface area contributed by atoms with Crippen LogP contribution in [0.2, 0.25) is 0 Å². The predicted molar refractivity (Wildman–Crippen MR) is 76.0 cm³/mol. The fraction of sp³-hybridized carbons (Fsp3) is 1.00. The molecular weight excluding hydrogens is 226 g/mol. The van der Waals surface area contributed by atoms with E-state index in [0.717, 1.165) is 51.7 Å². The van der Waals surface area contributed by atoms with Gasteiger partial charge in [-0.15, -0.1) is 0 Å². The first kappa shape index (κ1) is 15.9. The van der Waals surface area contributed by atoms with E-state index in [2.05, 4.69) is 19.2 Å². The van der Waals surface area contributed by atoms with Gasteiger partial charge in [0.1, 0.15) is 0 Å². The second-order valence-corrected chi connectivity index (χ2v) is 5.33. The first-order valence-electron chi connectivity index (χ1n) is 7.75. The first-order valence-corrected chi connectivity index (χ1v) is 7.75. The molecule has 1 atom stereocenters. The third kappa shape index (κ3) is 7.34. The maximum absolute atomic E-state index is 5.78. The van der Waals surface area contributed by atoms with Crippen LogP contribution in [0.25, 0.3) is 0 Å². The summed E-state index contributed by atoms with van der Waals surface area (Å²) < 4.78 is 11.1. The first-order chi connectivity index (χ1) is 8.86. The Hall–Kier alpha value is -0.120. The van der Waals surface area contributed by atoms with Gasteiger partial charge in [0.2, 0.25) is 0 Å². The average Bonchev–Trinajstić information content (AvgIpc) is 2.43. The van der Waals surface area contributed by atoms with E-state index in [1.807, 2.05) is 0 Å². The molecule has 1 aliphatic heterocycles. The van der Waals surface area contributed by atoms with Crippen LogP contribution in [0.15, 0.2) is 0 Å². The normalized spacial score (nSPS) is 19.0. The van der Waals surface area contributed by atoms with Crippen molar-refractivity contribution in [3.63, 3.8) is 0 Å². The van der Waals surface area contributed by atoms with Crippen molar-refractivity contribution >= 4 is 0 Å². The van der Waals surface area contributed by atoms with E-state index in [1.54, 1.807) is 0 Å². The third-order valence-electron chi connectivity index (χ3n) is 3.80. The quantitative estimate of drug-likeness (QED) is 0.610. The molecule has 0 amide bonds. The summed E-state index contributed by atoms with van der Waals surface area (Å²) in [5, 5.41) is 3.55. The lowest BCUT2D eigenvalue weighted by molar-refractivity contribution is 0.0677. The molecule has 1 unspecified atom stereocenters. The molecule has 1 fully saturated rings. The molecule has 0 aromatic heterocycles. The van der Waals surface area contributed by atoms with E-state index < -0.39 is 0 Å². The fourth-order valence-corrected chi connectivity index (χ4v) is 2.39. The van der Waals surface area contributed by atoms with Crippen LogP contribution in [-0.2, 0) is 9.47 Å². The molecule has 1 N–H and O–H groups in total. The standard InChI is InChI=1S/C15H31NO2/c1-3-5-6-14(4-2)13-18-12-9-16-15-7-10-17-11-8-15/h14-16H,3-13H2,1-2H3. The second kappa shape index (κ2) is 10.8. The van der Waals surface area contributed by atoms with E-state index in [1.165, 1.54) is 25.7 Å². The SMILES string of the molecule is CCCCC(CC)COCCNC1CCOCC1. The van der Waals surface area contributed by atoms with Gasteiger partial charge in [-0.2, -0.15) is 0 Å². The van der Waals surface area contributed by atoms with Gasteiger partial charge in [0.15, 0.2) is 0 Å². The van der Waals surface area contributed by atoms with Crippen LogP contribution < -0.4 is 5.32 Å². The average molecular weight is 257 g/mol. The van der Waals surface area contributed by atoms with E-state index >= 15 is 0 Å². The van der Waals surface area contributed by atoms with Crippen molar-refractivity contribution in [2.45, 2.75) is 58.4 Å². The number of unbranched alkanes of at least 4 members (excludes halogenated alkanes) is 1. The Bertz CT molecular complexity index is 181. The molecule has 108 valence electrons. The smallest absolute Gasteiger partial charge is 0.0591 e. The highest BCUT2D eigenvalue weighted by atomic mass is 16.5. The van der Waals surface area contributed by atoms with Gasteiger partial charge in [-0.1, -0.05) is 33.1 Å². The fourth-order valence-electron chi connectivity index (χ4n) is 2.39. The van der Waals surface area contributed by atoms with Gasteiger partial charge in [0.05, 0.1) is 6.61 Å². The number of rotatable bonds is 10. The lowest BCUT2D eigenvalue weighted by Crippen LogP contribution is -2.36. The summed E-state index contributed by atoms with van der Waals surface area (Å²) in [6.45, 7) is 9.11. The molecule has 0 aromatic rings. The zero-order valence-electron chi connectivity index (χ0n) is 12.2. The number of nitrogens with one attached hydrogen (secondary N) is 1. The van der Waals surface area contributed by atoms with Crippen LogP contribution in [0.5, 0.6) is 0 Å². The molecule has 0 radical (unpaired) electrons. The molecular formula is C15H31NO2. The lowest BCUT2D eigenvalue weighted by atomic mass is 10.0. The predicted octanol–water partition coefficient (Wildman–Crippen LogP) is 2.99. The number of ether oxygens (including phenoxy) is 2. The van der Waals surface area contributed by atoms with Crippen LogP contribution in [0, 0.1) is 5.92 Å². The summed E-state index contributed by atoms with van der Waals surface area (Å²) in [6.07, 6.45) is 7.49.